The van der Waals surface area contributed by atoms with Crippen molar-refractivity contribution in [1.82, 2.24) is 10.6 Å². The molecule has 18 heavy (non-hydrogen) atoms. The molecule has 2 rings (SSSR count). The van der Waals surface area contributed by atoms with Gasteiger partial charge in [-0.3, -0.25) is 4.99 Å². The molecule has 1 heterocycles. The Labute approximate surface area is 126 Å². The maximum absolute atomic E-state index is 5.26. The summed E-state index contributed by atoms with van der Waals surface area (Å²) in [6.07, 6.45) is 5.54. The molecule has 0 aromatic carbocycles. The summed E-state index contributed by atoms with van der Waals surface area (Å²) in [6.45, 7) is 2.91. The van der Waals surface area contributed by atoms with E-state index in [2.05, 4.69) is 22.5 Å². The summed E-state index contributed by atoms with van der Waals surface area (Å²) in [6, 6.07) is 4.46. The van der Waals surface area contributed by atoms with E-state index in [1.165, 1.54) is 19.3 Å². The van der Waals surface area contributed by atoms with Crippen molar-refractivity contribution < 1.29 is 4.42 Å². The van der Waals surface area contributed by atoms with Gasteiger partial charge in [0.15, 0.2) is 5.96 Å². The third-order valence-corrected chi connectivity index (χ3v) is 3.14. The van der Waals surface area contributed by atoms with Crippen LogP contribution in [0, 0.1) is 5.92 Å². The Morgan fingerprint density at radius 3 is 3.00 bits per heavy atom. The van der Waals surface area contributed by atoms with Gasteiger partial charge in [-0.1, -0.05) is 13.3 Å². The number of hydrogen-bond donors (Lipinski definition) is 2. The fraction of sp³-hybridized carbons (Fsp3) is 0.615. The number of halogens is 1. The minimum Gasteiger partial charge on any atom is -0.467 e. The van der Waals surface area contributed by atoms with Gasteiger partial charge in [-0.2, -0.15) is 0 Å². The van der Waals surface area contributed by atoms with Crippen LogP contribution in [-0.2, 0) is 6.54 Å². The lowest BCUT2D eigenvalue weighted by molar-refractivity contribution is 0.501. The fourth-order valence-electron chi connectivity index (χ4n) is 2.07. The zero-order chi connectivity index (χ0) is 12.1. The van der Waals surface area contributed by atoms with Crippen molar-refractivity contribution in [2.45, 2.75) is 38.8 Å². The van der Waals surface area contributed by atoms with Gasteiger partial charge in [0.05, 0.1) is 12.8 Å². The van der Waals surface area contributed by atoms with E-state index in [0.717, 1.165) is 17.6 Å². The van der Waals surface area contributed by atoms with Gasteiger partial charge in [-0.05, 0) is 30.9 Å². The number of hydrogen-bond acceptors (Lipinski definition) is 2. The summed E-state index contributed by atoms with van der Waals surface area (Å²) in [5, 5.41) is 6.69. The fourth-order valence-corrected chi connectivity index (χ4v) is 2.07. The molecule has 2 unspecified atom stereocenters. The normalized spacial score (nSPS) is 22.2. The van der Waals surface area contributed by atoms with Crippen LogP contribution < -0.4 is 10.6 Å². The third kappa shape index (κ3) is 4.51. The molecule has 1 saturated carbocycles. The van der Waals surface area contributed by atoms with Gasteiger partial charge >= 0.3 is 0 Å². The predicted molar refractivity (Wildman–Crippen MR) is 84.3 cm³/mol. The molecule has 1 aromatic rings. The first-order chi connectivity index (χ1) is 8.33. The highest BCUT2D eigenvalue weighted by Crippen LogP contribution is 2.34. The van der Waals surface area contributed by atoms with Crippen molar-refractivity contribution in [3.63, 3.8) is 0 Å². The van der Waals surface area contributed by atoms with E-state index < -0.39 is 0 Å². The Kier molecular flexibility index (Phi) is 6.52. The van der Waals surface area contributed by atoms with Crippen molar-refractivity contribution in [3.05, 3.63) is 24.2 Å². The van der Waals surface area contributed by atoms with Crippen LogP contribution in [0.3, 0.4) is 0 Å². The molecule has 0 bridgehead atoms. The first kappa shape index (κ1) is 15.3. The van der Waals surface area contributed by atoms with E-state index >= 15 is 0 Å². The van der Waals surface area contributed by atoms with Crippen LogP contribution in [-0.4, -0.2) is 19.0 Å². The van der Waals surface area contributed by atoms with E-state index in [4.69, 9.17) is 4.42 Å². The number of nitrogens with zero attached hydrogens (tertiary/aromatic N) is 1. The standard InChI is InChI=1S/C13H21N3O.HI/c1-3-5-10-8-12(10)16-13(14-2)15-9-11-6-4-7-17-11;/h4,6-7,10,12H,3,5,8-9H2,1-2H3,(H2,14,15,16);1H. The van der Waals surface area contributed by atoms with Gasteiger partial charge in [0.2, 0.25) is 0 Å². The van der Waals surface area contributed by atoms with E-state index in [-0.39, 0.29) is 24.0 Å². The van der Waals surface area contributed by atoms with Crippen molar-refractivity contribution in [1.29, 1.82) is 0 Å². The second-order valence-corrected chi connectivity index (χ2v) is 4.54. The maximum Gasteiger partial charge on any atom is 0.191 e. The Hall–Kier alpha value is -0.720. The Balaban J connectivity index is 0.00000162. The van der Waals surface area contributed by atoms with Crippen LogP contribution in [0.4, 0.5) is 0 Å². The second kappa shape index (κ2) is 7.66. The minimum absolute atomic E-state index is 0. The monoisotopic (exact) mass is 363 g/mol. The molecule has 4 nitrogen and oxygen atoms in total. The van der Waals surface area contributed by atoms with Crippen LogP contribution >= 0.6 is 24.0 Å². The van der Waals surface area contributed by atoms with Crippen molar-refractivity contribution in [3.8, 4) is 0 Å². The highest BCUT2D eigenvalue weighted by atomic mass is 127. The molecule has 0 amide bonds. The molecule has 0 aliphatic heterocycles. The average Bonchev–Trinajstić information content (AvgIpc) is 2.86. The van der Waals surface area contributed by atoms with Crippen molar-refractivity contribution in [2.24, 2.45) is 10.9 Å². The number of guanidine groups is 1. The van der Waals surface area contributed by atoms with Gasteiger partial charge in [-0.25, -0.2) is 0 Å². The zero-order valence-corrected chi connectivity index (χ0v) is 13.3. The molecule has 2 atom stereocenters. The predicted octanol–water partition coefficient (Wildman–Crippen LogP) is 2.75. The quantitative estimate of drug-likeness (QED) is 0.481. The molecule has 0 saturated heterocycles. The van der Waals surface area contributed by atoms with Crippen LogP contribution in [0.15, 0.2) is 27.8 Å². The number of nitrogens with one attached hydrogen (secondary N) is 2. The topological polar surface area (TPSA) is 49.6 Å². The highest BCUT2D eigenvalue weighted by molar-refractivity contribution is 14.0. The summed E-state index contributed by atoms with van der Waals surface area (Å²) in [7, 11) is 1.80. The SMILES string of the molecule is CCCC1CC1NC(=NC)NCc1ccco1.I. The summed E-state index contributed by atoms with van der Waals surface area (Å²) in [4.78, 5) is 4.21. The first-order valence-electron chi connectivity index (χ1n) is 6.33. The van der Waals surface area contributed by atoms with Crippen molar-refractivity contribution in [2.75, 3.05) is 7.05 Å². The Morgan fingerprint density at radius 1 is 1.56 bits per heavy atom. The van der Waals surface area contributed by atoms with Crippen LogP contribution in [0.5, 0.6) is 0 Å². The number of aliphatic imine (C=N–C) groups is 1. The molecule has 0 spiro atoms. The van der Waals surface area contributed by atoms with E-state index in [0.29, 0.717) is 12.6 Å². The van der Waals surface area contributed by atoms with Crippen LogP contribution in [0.2, 0.25) is 0 Å². The zero-order valence-electron chi connectivity index (χ0n) is 11.0. The number of rotatable bonds is 5. The van der Waals surface area contributed by atoms with E-state index in [1.807, 2.05) is 12.1 Å². The molecular weight excluding hydrogens is 341 g/mol. The minimum atomic E-state index is 0. The summed E-state index contributed by atoms with van der Waals surface area (Å²) < 4.78 is 5.26. The largest absolute Gasteiger partial charge is 0.467 e. The average molecular weight is 363 g/mol. The van der Waals surface area contributed by atoms with Gasteiger partial charge in [0.25, 0.3) is 0 Å². The smallest absolute Gasteiger partial charge is 0.191 e. The molecule has 1 aromatic heterocycles. The maximum atomic E-state index is 5.26. The van der Waals surface area contributed by atoms with Gasteiger partial charge in [0, 0.05) is 13.1 Å². The second-order valence-electron chi connectivity index (χ2n) is 4.54. The van der Waals surface area contributed by atoms with Crippen LogP contribution in [0.25, 0.3) is 0 Å². The molecule has 1 aliphatic rings. The Morgan fingerprint density at radius 2 is 2.39 bits per heavy atom. The third-order valence-electron chi connectivity index (χ3n) is 3.14. The molecule has 102 valence electrons. The van der Waals surface area contributed by atoms with Gasteiger partial charge in [-0.15, -0.1) is 24.0 Å². The van der Waals surface area contributed by atoms with Gasteiger partial charge in [0.1, 0.15) is 5.76 Å². The summed E-state index contributed by atoms with van der Waals surface area (Å²) in [5.74, 6) is 2.63. The van der Waals surface area contributed by atoms with Crippen molar-refractivity contribution >= 4 is 29.9 Å². The molecule has 5 heteroatoms. The molecule has 0 radical (unpaired) electrons. The lowest BCUT2D eigenvalue weighted by atomic mass is 10.2. The van der Waals surface area contributed by atoms with Crippen LogP contribution in [0.1, 0.15) is 31.9 Å². The summed E-state index contributed by atoms with van der Waals surface area (Å²) in [5.41, 5.74) is 0. The molecule has 1 fully saturated rings. The summed E-state index contributed by atoms with van der Waals surface area (Å²) >= 11 is 0. The highest BCUT2D eigenvalue weighted by Gasteiger charge is 2.36. The number of furan rings is 1. The lowest BCUT2D eigenvalue weighted by Gasteiger charge is -2.10. The van der Waals surface area contributed by atoms with E-state index in [1.54, 1.807) is 13.3 Å². The lowest BCUT2D eigenvalue weighted by Crippen LogP contribution is -2.38. The first-order valence-corrected chi connectivity index (χ1v) is 6.33. The molecule has 1 aliphatic carbocycles. The Bertz CT molecular complexity index is 364. The van der Waals surface area contributed by atoms with E-state index in [9.17, 15) is 0 Å². The molecule has 2 N–H and O–H groups in total. The van der Waals surface area contributed by atoms with Gasteiger partial charge < -0.3 is 15.1 Å². The molecular formula is C13H22IN3O.